The monoisotopic (exact) mass is 449 g/mol. The third-order valence-electron chi connectivity index (χ3n) is 5.68. The Morgan fingerprint density at radius 2 is 2.00 bits per heavy atom. The second-order valence-electron chi connectivity index (χ2n) is 7.79. The van der Waals surface area contributed by atoms with Crippen molar-refractivity contribution in [3.05, 3.63) is 100.0 Å². The zero-order valence-corrected chi connectivity index (χ0v) is 18.2. The minimum absolute atomic E-state index is 0.0619. The lowest BCUT2D eigenvalue weighted by molar-refractivity contribution is -0.384. The highest BCUT2D eigenvalue weighted by atomic mass is 16.6. The van der Waals surface area contributed by atoms with Gasteiger partial charge < -0.3 is 14.3 Å². The summed E-state index contributed by atoms with van der Waals surface area (Å²) in [5.41, 5.74) is 4.83. The smallest absolute Gasteiger partial charge is 0.269 e. The van der Waals surface area contributed by atoms with Crippen LogP contribution in [0.25, 0.3) is 33.6 Å². The number of H-pyrrole nitrogens is 1. The maximum absolute atomic E-state index is 10.9. The minimum atomic E-state index is -0.407. The molecule has 0 saturated heterocycles. The van der Waals surface area contributed by atoms with Crippen LogP contribution in [0.5, 0.6) is 5.75 Å². The molecule has 166 valence electrons. The molecule has 5 aromatic rings. The van der Waals surface area contributed by atoms with Crippen molar-refractivity contribution >= 4 is 39.3 Å². The van der Waals surface area contributed by atoms with Crippen LogP contribution in [-0.2, 0) is 6.54 Å². The van der Waals surface area contributed by atoms with Crippen LogP contribution in [-0.4, -0.2) is 26.6 Å². The Hall–Kier alpha value is -4.90. The molecule has 1 N–H and O–H groups in total. The van der Waals surface area contributed by atoms with E-state index in [9.17, 15) is 15.4 Å². The number of non-ortho nitro benzene ring substituents is 1. The van der Waals surface area contributed by atoms with Gasteiger partial charge in [0.2, 0.25) is 0 Å². The summed E-state index contributed by atoms with van der Waals surface area (Å²) >= 11 is 0. The molecule has 0 fully saturated rings. The Morgan fingerprint density at radius 1 is 1.21 bits per heavy atom. The van der Waals surface area contributed by atoms with E-state index in [1.807, 2.05) is 54.7 Å². The molecular formula is C26H19N5O3. The number of nitrogens with zero attached hydrogens (tertiary/aromatic N) is 4. The molecule has 0 aliphatic rings. The molecule has 0 atom stereocenters. The number of nitro benzene ring substituents is 1. The van der Waals surface area contributed by atoms with Gasteiger partial charge in [-0.3, -0.25) is 10.1 Å². The Balaban J connectivity index is 1.54. The third-order valence-corrected chi connectivity index (χ3v) is 5.68. The number of para-hydroxylation sites is 1. The van der Waals surface area contributed by atoms with Gasteiger partial charge in [0.25, 0.3) is 5.69 Å². The molecule has 0 aliphatic heterocycles. The first-order valence-corrected chi connectivity index (χ1v) is 10.5. The largest absolute Gasteiger partial charge is 0.497 e. The highest BCUT2D eigenvalue weighted by Gasteiger charge is 2.13. The van der Waals surface area contributed by atoms with E-state index in [4.69, 9.17) is 4.74 Å². The predicted octanol–water partition coefficient (Wildman–Crippen LogP) is 5.55. The Morgan fingerprint density at radius 3 is 2.74 bits per heavy atom. The van der Waals surface area contributed by atoms with Gasteiger partial charge in [-0.15, -0.1) is 0 Å². The van der Waals surface area contributed by atoms with E-state index in [2.05, 4.69) is 20.6 Å². The normalized spacial score (nSPS) is 11.6. The number of benzene rings is 3. The summed E-state index contributed by atoms with van der Waals surface area (Å²) in [6.45, 7) is 0.540. The second-order valence-corrected chi connectivity index (χ2v) is 7.79. The van der Waals surface area contributed by atoms with E-state index < -0.39 is 4.92 Å². The molecule has 0 saturated carbocycles. The number of rotatable bonds is 6. The first-order chi connectivity index (χ1) is 16.6. The number of nitriles is 1. The number of fused-ring (bicyclic) bond motifs is 2. The summed E-state index contributed by atoms with van der Waals surface area (Å²) in [5, 5.41) is 21.8. The molecule has 34 heavy (non-hydrogen) atoms. The first-order valence-electron chi connectivity index (χ1n) is 10.5. The van der Waals surface area contributed by atoms with Gasteiger partial charge in [0.1, 0.15) is 17.6 Å². The summed E-state index contributed by atoms with van der Waals surface area (Å²) in [6.07, 6.45) is 3.80. The maximum Gasteiger partial charge on any atom is 0.269 e. The molecule has 5 rings (SSSR count). The van der Waals surface area contributed by atoms with Crippen molar-refractivity contribution in [2.45, 2.75) is 6.54 Å². The maximum atomic E-state index is 10.9. The molecule has 0 spiro atoms. The number of aromatic nitrogens is 3. The number of methoxy groups -OCH3 is 1. The van der Waals surface area contributed by atoms with Crippen molar-refractivity contribution in [1.29, 1.82) is 5.26 Å². The van der Waals surface area contributed by atoms with Gasteiger partial charge in [0.05, 0.1) is 28.6 Å². The molecule has 8 nitrogen and oxygen atoms in total. The van der Waals surface area contributed by atoms with Crippen molar-refractivity contribution in [2.24, 2.45) is 0 Å². The van der Waals surface area contributed by atoms with Gasteiger partial charge >= 0.3 is 0 Å². The van der Waals surface area contributed by atoms with Crippen molar-refractivity contribution in [3.8, 4) is 11.8 Å². The topological polar surface area (TPSA) is 110 Å². The molecule has 0 radical (unpaired) electrons. The molecule has 2 aromatic heterocycles. The molecule has 0 unspecified atom stereocenters. The Kier molecular flexibility index (Phi) is 5.28. The van der Waals surface area contributed by atoms with Crippen molar-refractivity contribution in [1.82, 2.24) is 14.5 Å². The average molecular weight is 449 g/mol. The standard InChI is InChI=1S/C26H19N5O3/c1-34-21-10-11-23-24(13-21)29-26(28-23)18(14-27)12-19-16-30(25-5-3-2-4-22(19)25)15-17-6-8-20(9-7-17)31(32)33/h2-13,16H,15H2,1H3,(H,28,29)/b18-12-. The molecule has 0 amide bonds. The number of allylic oxidation sites excluding steroid dienone is 1. The van der Waals surface area contributed by atoms with Gasteiger partial charge in [0.15, 0.2) is 0 Å². The van der Waals surface area contributed by atoms with Gasteiger partial charge in [-0.25, -0.2) is 4.98 Å². The van der Waals surface area contributed by atoms with Gasteiger partial charge in [-0.2, -0.15) is 5.26 Å². The van der Waals surface area contributed by atoms with E-state index in [0.717, 1.165) is 33.1 Å². The highest BCUT2D eigenvalue weighted by Crippen LogP contribution is 2.28. The molecule has 0 aliphatic carbocycles. The van der Waals surface area contributed by atoms with Crippen LogP contribution in [0, 0.1) is 21.4 Å². The fourth-order valence-electron chi connectivity index (χ4n) is 3.99. The lowest BCUT2D eigenvalue weighted by atomic mass is 10.1. The Labute approximate surface area is 194 Å². The minimum Gasteiger partial charge on any atom is -0.497 e. The fraction of sp³-hybridized carbons (Fsp3) is 0.0769. The van der Waals surface area contributed by atoms with E-state index in [0.29, 0.717) is 23.7 Å². The zero-order chi connectivity index (χ0) is 23.7. The van der Waals surface area contributed by atoms with Crippen molar-refractivity contribution in [2.75, 3.05) is 7.11 Å². The molecule has 8 heteroatoms. The SMILES string of the molecule is COc1ccc2nc(/C(C#N)=C\c3cn(Cc4ccc([N+](=O)[O-])cc4)c4ccccc34)[nH]c2c1. The van der Waals surface area contributed by atoms with E-state index in [-0.39, 0.29) is 5.69 Å². The quantitative estimate of drug-likeness (QED) is 0.208. The lowest BCUT2D eigenvalue weighted by Crippen LogP contribution is -1.98. The molecular weight excluding hydrogens is 430 g/mol. The number of hydrogen-bond donors (Lipinski definition) is 1. The summed E-state index contributed by atoms with van der Waals surface area (Å²) in [6, 6.07) is 22.2. The van der Waals surface area contributed by atoms with Crippen LogP contribution in [0.3, 0.4) is 0 Å². The molecule has 0 bridgehead atoms. The number of nitro groups is 1. The summed E-state index contributed by atoms with van der Waals surface area (Å²) in [5.74, 6) is 1.19. The predicted molar refractivity (Wildman–Crippen MR) is 130 cm³/mol. The average Bonchev–Trinajstić information content (AvgIpc) is 3.43. The molecule has 2 heterocycles. The van der Waals surface area contributed by atoms with Gasteiger partial charge in [-0.1, -0.05) is 30.3 Å². The van der Waals surface area contributed by atoms with Crippen molar-refractivity contribution in [3.63, 3.8) is 0 Å². The van der Waals surface area contributed by atoms with Crippen LogP contribution in [0.15, 0.2) is 72.9 Å². The number of imidazole rings is 1. The number of nitrogens with one attached hydrogen (secondary N) is 1. The Bertz CT molecular complexity index is 1600. The van der Waals surface area contributed by atoms with Gasteiger partial charge in [-0.05, 0) is 29.8 Å². The second kappa shape index (κ2) is 8.56. The summed E-state index contributed by atoms with van der Waals surface area (Å²) < 4.78 is 7.34. The summed E-state index contributed by atoms with van der Waals surface area (Å²) in [4.78, 5) is 18.3. The number of hydrogen-bond acceptors (Lipinski definition) is 5. The van der Waals surface area contributed by atoms with Crippen LogP contribution in [0.2, 0.25) is 0 Å². The van der Waals surface area contributed by atoms with Crippen molar-refractivity contribution < 1.29 is 9.66 Å². The van der Waals surface area contributed by atoms with E-state index in [1.165, 1.54) is 12.1 Å². The van der Waals surface area contributed by atoms with E-state index in [1.54, 1.807) is 19.2 Å². The van der Waals surface area contributed by atoms with Crippen LogP contribution in [0.4, 0.5) is 5.69 Å². The first kappa shape index (κ1) is 21.0. The fourth-order valence-corrected chi connectivity index (χ4v) is 3.99. The van der Waals surface area contributed by atoms with Crippen LogP contribution < -0.4 is 4.74 Å². The zero-order valence-electron chi connectivity index (χ0n) is 18.2. The lowest BCUT2D eigenvalue weighted by Gasteiger charge is -2.05. The highest BCUT2D eigenvalue weighted by molar-refractivity contribution is 5.98. The van der Waals surface area contributed by atoms with Crippen LogP contribution in [0.1, 0.15) is 17.0 Å². The van der Waals surface area contributed by atoms with Gasteiger partial charge in [0, 0.05) is 47.4 Å². The van der Waals surface area contributed by atoms with E-state index >= 15 is 0 Å². The summed E-state index contributed by atoms with van der Waals surface area (Å²) in [7, 11) is 1.60. The van der Waals surface area contributed by atoms with Crippen LogP contribution >= 0.6 is 0 Å². The number of ether oxygens (including phenoxy) is 1. The number of aromatic amines is 1. The molecule has 3 aromatic carbocycles. The third kappa shape index (κ3) is 3.87.